The average molecular weight is 353 g/mol. The van der Waals surface area contributed by atoms with E-state index in [-0.39, 0.29) is 0 Å². The molecule has 4 rings (SSSR count). The van der Waals surface area contributed by atoms with Crippen molar-refractivity contribution in [3.8, 4) is 0 Å². The van der Waals surface area contributed by atoms with Crippen LogP contribution in [0.25, 0.3) is 10.9 Å². The summed E-state index contributed by atoms with van der Waals surface area (Å²) in [5.41, 5.74) is 4.45. The molecule has 0 atom stereocenters. The molecule has 1 saturated heterocycles. The first-order valence-corrected chi connectivity index (χ1v) is 8.94. The maximum Gasteiger partial charge on any atom is 0.131 e. The first kappa shape index (κ1) is 16.8. The van der Waals surface area contributed by atoms with Gasteiger partial charge in [0.15, 0.2) is 0 Å². The first-order valence-electron chi connectivity index (χ1n) is 8.94. The molecule has 3 aromatic rings. The predicted octanol–water partition coefficient (Wildman–Crippen LogP) is 5.03. The number of halogens is 2. The van der Waals surface area contributed by atoms with E-state index in [1.54, 1.807) is 0 Å². The normalized spacial score (nSPS) is 14.2. The zero-order valence-corrected chi connectivity index (χ0v) is 14.7. The standard InChI is InChI=1S/C21H21F2N3/c1-14-10-21(26-8-2-3-9-26)18-7-6-17(12-20(18)25-14)24-13-15-4-5-16(22)11-19(15)23/h4-7,10-12,24H,2-3,8-9,13H2,1H3. The molecule has 134 valence electrons. The van der Waals surface area contributed by atoms with E-state index in [1.165, 1.54) is 30.7 Å². The van der Waals surface area contributed by atoms with Crippen LogP contribution in [0.15, 0.2) is 42.5 Å². The minimum atomic E-state index is -0.564. The second-order valence-electron chi connectivity index (χ2n) is 6.80. The summed E-state index contributed by atoms with van der Waals surface area (Å²) in [5.74, 6) is -1.10. The van der Waals surface area contributed by atoms with E-state index >= 15 is 0 Å². The number of anilines is 2. The van der Waals surface area contributed by atoms with Crippen molar-refractivity contribution in [2.24, 2.45) is 0 Å². The maximum absolute atomic E-state index is 13.8. The van der Waals surface area contributed by atoms with E-state index in [1.807, 2.05) is 19.1 Å². The van der Waals surface area contributed by atoms with Crippen molar-refractivity contribution in [1.82, 2.24) is 4.98 Å². The highest BCUT2D eigenvalue weighted by Crippen LogP contribution is 2.31. The zero-order valence-electron chi connectivity index (χ0n) is 14.7. The van der Waals surface area contributed by atoms with Gasteiger partial charge in [0.2, 0.25) is 0 Å². The van der Waals surface area contributed by atoms with Gasteiger partial charge in [0.05, 0.1) is 5.52 Å². The second-order valence-corrected chi connectivity index (χ2v) is 6.80. The van der Waals surface area contributed by atoms with E-state index < -0.39 is 11.6 Å². The van der Waals surface area contributed by atoms with Gasteiger partial charge >= 0.3 is 0 Å². The van der Waals surface area contributed by atoms with Crippen LogP contribution in [0.4, 0.5) is 20.2 Å². The van der Waals surface area contributed by atoms with Gasteiger partial charge in [-0.15, -0.1) is 0 Å². The van der Waals surface area contributed by atoms with Gasteiger partial charge in [-0.1, -0.05) is 6.07 Å². The van der Waals surface area contributed by atoms with Crippen LogP contribution in [0.2, 0.25) is 0 Å². The van der Waals surface area contributed by atoms with E-state index in [2.05, 4.69) is 27.3 Å². The van der Waals surface area contributed by atoms with Gasteiger partial charge in [-0.05, 0) is 50.1 Å². The van der Waals surface area contributed by atoms with Gasteiger partial charge in [0.1, 0.15) is 11.6 Å². The van der Waals surface area contributed by atoms with Crippen LogP contribution >= 0.6 is 0 Å². The first-order chi connectivity index (χ1) is 12.6. The molecule has 1 fully saturated rings. The van der Waals surface area contributed by atoms with Crippen molar-refractivity contribution in [2.45, 2.75) is 26.3 Å². The van der Waals surface area contributed by atoms with Crippen LogP contribution in [0, 0.1) is 18.6 Å². The molecule has 1 aliphatic rings. The van der Waals surface area contributed by atoms with Gasteiger partial charge in [-0.3, -0.25) is 4.98 Å². The number of nitrogens with one attached hydrogen (secondary N) is 1. The van der Waals surface area contributed by atoms with Crippen molar-refractivity contribution in [1.29, 1.82) is 0 Å². The lowest BCUT2D eigenvalue weighted by Gasteiger charge is -2.20. The summed E-state index contributed by atoms with van der Waals surface area (Å²) < 4.78 is 26.8. The highest BCUT2D eigenvalue weighted by atomic mass is 19.1. The smallest absolute Gasteiger partial charge is 0.131 e. The molecule has 1 aromatic heterocycles. The molecular weight excluding hydrogens is 332 g/mol. The number of pyridine rings is 1. The van der Waals surface area contributed by atoms with Crippen molar-refractivity contribution in [3.05, 3.63) is 65.4 Å². The molecule has 3 nitrogen and oxygen atoms in total. The third-order valence-electron chi connectivity index (χ3n) is 4.86. The monoisotopic (exact) mass is 353 g/mol. The van der Waals surface area contributed by atoms with Crippen LogP contribution in [-0.4, -0.2) is 18.1 Å². The summed E-state index contributed by atoms with van der Waals surface area (Å²) in [5, 5.41) is 4.34. The van der Waals surface area contributed by atoms with Crippen LogP contribution in [0.5, 0.6) is 0 Å². The molecule has 0 spiro atoms. The lowest BCUT2D eigenvalue weighted by molar-refractivity contribution is 0.574. The number of benzene rings is 2. The van der Waals surface area contributed by atoms with Crippen LogP contribution < -0.4 is 10.2 Å². The molecule has 5 heteroatoms. The summed E-state index contributed by atoms with van der Waals surface area (Å²) >= 11 is 0. The predicted molar refractivity (Wildman–Crippen MR) is 102 cm³/mol. The van der Waals surface area contributed by atoms with Gasteiger partial charge in [0.25, 0.3) is 0 Å². The van der Waals surface area contributed by atoms with Crippen molar-refractivity contribution in [3.63, 3.8) is 0 Å². The highest BCUT2D eigenvalue weighted by molar-refractivity contribution is 5.94. The van der Waals surface area contributed by atoms with E-state index in [0.717, 1.165) is 41.4 Å². The number of nitrogens with zero attached hydrogens (tertiary/aromatic N) is 2. The number of rotatable bonds is 4. The van der Waals surface area contributed by atoms with Gasteiger partial charge < -0.3 is 10.2 Å². The van der Waals surface area contributed by atoms with Crippen LogP contribution in [0.3, 0.4) is 0 Å². The fourth-order valence-corrected chi connectivity index (χ4v) is 3.53. The summed E-state index contributed by atoms with van der Waals surface area (Å²) in [6.45, 7) is 4.47. The topological polar surface area (TPSA) is 28.2 Å². The quantitative estimate of drug-likeness (QED) is 0.713. The largest absolute Gasteiger partial charge is 0.381 e. The molecule has 0 saturated carbocycles. The van der Waals surface area contributed by atoms with E-state index in [9.17, 15) is 8.78 Å². The number of aromatic nitrogens is 1. The van der Waals surface area contributed by atoms with Gasteiger partial charge in [0, 0.05) is 53.7 Å². The molecule has 2 aromatic carbocycles. The lowest BCUT2D eigenvalue weighted by atomic mass is 10.1. The van der Waals surface area contributed by atoms with Crippen LogP contribution in [-0.2, 0) is 6.54 Å². The zero-order chi connectivity index (χ0) is 18.1. The molecular formula is C21H21F2N3. The van der Waals surface area contributed by atoms with E-state index in [4.69, 9.17) is 0 Å². The fourth-order valence-electron chi connectivity index (χ4n) is 3.53. The highest BCUT2D eigenvalue weighted by Gasteiger charge is 2.16. The average Bonchev–Trinajstić information content (AvgIpc) is 3.14. The number of hydrogen-bond donors (Lipinski definition) is 1. The lowest BCUT2D eigenvalue weighted by Crippen LogP contribution is -2.18. The molecule has 0 amide bonds. The Labute approximate surface area is 151 Å². The van der Waals surface area contributed by atoms with Gasteiger partial charge in [-0.2, -0.15) is 0 Å². The van der Waals surface area contributed by atoms with Crippen molar-refractivity contribution < 1.29 is 8.78 Å². The van der Waals surface area contributed by atoms with Gasteiger partial charge in [-0.25, -0.2) is 8.78 Å². The van der Waals surface area contributed by atoms with Crippen molar-refractivity contribution in [2.75, 3.05) is 23.3 Å². The maximum atomic E-state index is 13.8. The third-order valence-corrected chi connectivity index (χ3v) is 4.86. The molecule has 0 radical (unpaired) electrons. The molecule has 26 heavy (non-hydrogen) atoms. The van der Waals surface area contributed by atoms with E-state index in [0.29, 0.717) is 12.1 Å². The molecule has 1 aliphatic heterocycles. The Morgan fingerprint density at radius 3 is 2.62 bits per heavy atom. The van der Waals surface area contributed by atoms with Crippen LogP contribution in [0.1, 0.15) is 24.1 Å². The SMILES string of the molecule is Cc1cc(N2CCCC2)c2ccc(NCc3ccc(F)cc3F)cc2n1. The number of aryl methyl sites for hydroxylation is 1. The molecule has 0 bridgehead atoms. The molecule has 0 unspecified atom stereocenters. The molecule has 1 N–H and O–H groups in total. The number of fused-ring (bicyclic) bond motifs is 1. The van der Waals surface area contributed by atoms with Crippen molar-refractivity contribution >= 4 is 22.3 Å². The summed E-state index contributed by atoms with van der Waals surface area (Å²) in [6.07, 6.45) is 2.46. The minimum absolute atomic E-state index is 0.294. The fraction of sp³-hybridized carbons (Fsp3) is 0.286. The third kappa shape index (κ3) is 3.34. The number of hydrogen-bond acceptors (Lipinski definition) is 3. The summed E-state index contributed by atoms with van der Waals surface area (Å²) in [6, 6.07) is 11.8. The Morgan fingerprint density at radius 1 is 1.04 bits per heavy atom. The Hall–Kier alpha value is -2.69. The second kappa shape index (κ2) is 6.90. The minimum Gasteiger partial charge on any atom is -0.381 e. The Morgan fingerprint density at radius 2 is 1.85 bits per heavy atom. The molecule has 2 heterocycles. The Kier molecular flexibility index (Phi) is 4.45. The molecule has 0 aliphatic carbocycles. The summed E-state index contributed by atoms with van der Waals surface area (Å²) in [4.78, 5) is 7.08. The summed E-state index contributed by atoms with van der Waals surface area (Å²) in [7, 11) is 0. The Balaban J connectivity index is 1.61. The Bertz CT molecular complexity index is 949.